The maximum absolute atomic E-state index is 12.3. The molecule has 0 aliphatic carbocycles. The number of amides is 1. The van der Waals surface area contributed by atoms with Crippen LogP contribution in [0.4, 0.5) is 5.69 Å². The summed E-state index contributed by atoms with van der Waals surface area (Å²) >= 11 is 0. The predicted molar refractivity (Wildman–Crippen MR) is 95.6 cm³/mol. The highest BCUT2D eigenvalue weighted by Crippen LogP contribution is 2.34. The van der Waals surface area contributed by atoms with Gasteiger partial charge in [0, 0.05) is 24.7 Å². The summed E-state index contributed by atoms with van der Waals surface area (Å²) in [4.78, 5) is 14.1. The molecule has 0 saturated carbocycles. The Kier molecular flexibility index (Phi) is 5.16. The average molecular weight is 323 g/mol. The molecule has 0 aromatic heterocycles. The van der Waals surface area contributed by atoms with E-state index in [0.29, 0.717) is 31.9 Å². The standard InChI is InChI=1S/C20H21NO3/c1-2-20(22)21(12-6-9-16-7-4-3-5-8-16)17-10-11-18-19(15-17)24-14-13-23-18/h3-11,15H,2,12-14H2,1H3/b9-6+. The van der Waals surface area contributed by atoms with Crippen molar-refractivity contribution in [1.82, 2.24) is 0 Å². The fourth-order valence-electron chi connectivity index (χ4n) is 2.60. The molecule has 2 aromatic rings. The Labute approximate surface area is 142 Å². The summed E-state index contributed by atoms with van der Waals surface area (Å²) < 4.78 is 11.2. The molecule has 0 radical (unpaired) electrons. The largest absolute Gasteiger partial charge is 0.486 e. The van der Waals surface area contributed by atoms with Crippen LogP contribution in [0.1, 0.15) is 18.9 Å². The molecular weight excluding hydrogens is 302 g/mol. The first-order valence-electron chi connectivity index (χ1n) is 8.19. The molecule has 0 unspecified atom stereocenters. The van der Waals surface area contributed by atoms with Crippen LogP contribution >= 0.6 is 0 Å². The van der Waals surface area contributed by atoms with Gasteiger partial charge in [0.15, 0.2) is 11.5 Å². The Bertz CT molecular complexity index is 725. The van der Waals surface area contributed by atoms with Crippen LogP contribution in [0, 0.1) is 0 Å². The Morgan fingerprint density at radius 3 is 2.58 bits per heavy atom. The lowest BCUT2D eigenvalue weighted by Crippen LogP contribution is -2.30. The van der Waals surface area contributed by atoms with Crippen molar-refractivity contribution < 1.29 is 14.3 Å². The van der Waals surface area contributed by atoms with Gasteiger partial charge in [-0.3, -0.25) is 4.79 Å². The summed E-state index contributed by atoms with van der Waals surface area (Å²) in [5.41, 5.74) is 1.94. The third-order valence-corrected chi connectivity index (χ3v) is 3.84. The number of hydrogen-bond acceptors (Lipinski definition) is 3. The molecule has 0 atom stereocenters. The van der Waals surface area contributed by atoms with Gasteiger partial charge in [0.1, 0.15) is 13.2 Å². The van der Waals surface area contributed by atoms with E-state index in [0.717, 1.165) is 17.0 Å². The lowest BCUT2D eigenvalue weighted by molar-refractivity contribution is -0.118. The van der Waals surface area contributed by atoms with Gasteiger partial charge in [0.2, 0.25) is 5.91 Å². The van der Waals surface area contributed by atoms with E-state index in [1.807, 2.05) is 67.6 Å². The number of nitrogens with zero attached hydrogens (tertiary/aromatic N) is 1. The van der Waals surface area contributed by atoms with Crippen molar-refractivity contribution in [3.05, 3.63) is 60.2 Å². The van der Waals surface area contributed by atoms with Crippen molar-refractivity contribution in [3.8, 4) is 11.5 Å². The number of ether oxygens (including phenoxy) is 2. The minimum absolute atomic E-state index is 0.0735. The molecule has 4 heteroatoms. The topological polar surface area (TPSA) is 38.8 Å². The van der Waals surface area contributed by atoms with Crippen LogP contribution in [-0.4, -0.2) is 25.7 Å². The van der Waals surface area contributed by atoms with E-state index in [-0.39, 0.29) is 5.91 Å². The summed E-state index contributed by atoms with van der Waals surface area (Å²) in [6.07, 6.45) is 4.47. The monoisotopic (exact) mass is 323 g/mol. The summed E-state index contributed by atoms with van der Waals surface area (Å²) in [6.45, 7) is 3.48. The Morgan fingerprint density at radius 1 is 1.08 bits per heavy atom. The normalized spacial score (nSPS) is 13.0. The third-order valence-electron chi connectivity index (χ3n) is 3.84. The van der Waals surface area contributed by atoms with E-state index in [4.69, 9.17) is 9.47 Å². The summed E-state index contributed by atoms with van der Waals surface area (Å²) in [5.74, 6) is 1.50. The molecular formula is C20H21NO3. The van der Waals surface area contributed by atoms with E-state index in [2.05, 4.69) is 0 Å². The number of benzene rings is 2. The molecule has 124 valence electrons. The quantitative estimate of drug-likeness (QED) is 0.837. The van der Waals surface area contributed by atoms with Crippen molar-refractivity contribution in [2.45, 2.75) is 13.3 Å². The van der Waals surface area contributed by atoms with E-state index in [1.165, 1.54) is 0 Å². The molecule has 0 bridgehead atoms. The van der Waals surface area contributed by atoms with Gasteiger partial charge in [0.05, 0.1) is 0 Å². The van der Waals surface area contributed by atoms with E-state index in [1.54, 1.807) is 4.90 Å². The number of anilines is 1. The lowest BCUT2D eigenvalue weighted by atomic mass is 10.2. The highest BCUT2D eigenvalue weighted by Gasteiger charge is 2.17. The van der Waals surface area contributed by atoms with Gasteiger partial charge >= 0.3 is 0 Å². The highest BCUT2D eigenvalue weighted by molar-refractivity contribution is 5.93. The van der Waals surface area contributed by atoms with Gasteiger partial charge < -0.3 is 14.4 Å². The van der Waals surface area contributed by atoms with Crippen molar-refractivity contribution >= 4 is 17.7 Å². The Morgan fingerprint density at radius 2 is 1.83 bits per heavy atom. The second-order valence-electron chi connectivity index (χ2n) is 5.50. The molecule has 1 amide bonds. The molecule has 1 heterocycles. The molecule has 0 fully saturated rings. The van der Waals surface area contributed by atoms with Crippen molar-refractivity contribution in [1.29, 1.82) is 0 Å². The zero-order chi connectivity index (χ0) is 16.8. The van der Waals surface area contributed by atoms with Gasteiger partial charge in [-0.05, 0) is 17.7 Å². The minimum Gasteiger partial charge on any atom is -0.486 e. The first-order valence-corrected chi connectivity index (χ1v) is 8.19. The van der Waals surface area contributed by atoms with Gasteiger partial charge in [-0.2, -0.15) is 0 Å². The Hall–Kier alpha value is -2.75. The molecule has 0 N–H and O–H groups in total. The van der Waals surface area contributed by atoms with Gasteiger partial charge in [0.25, 0.3) is 0 Å². The Balaban J connectivity index is 1.79. The van der Waals surface area contributed by atoms with Crippen molar-refractivity contribution in [2.75, 3.05) is 24.7 Å². The zero-order valence-electron chi connectivity index (χ0n) is 13.8. The van der Waals surface area contributed by atoms with Crippen LogP contribution in [-0.2, 0) is 4.79 Å². The first kappa shape index (κ1) is 16.1. The van der Waals surface area contributed by atoms with Crippen molar-refractivity contribution in [3.63, 3.8) is 0 Å². The molecule has 0 spiro atoms. The summed E-state index contributed by atoms with van der Waals surface area (Å²) in [6, 6.07) is 15.7. The summed E-state index contributed by atoms with van der Waals surface area (Å²) in [5, 5.41) is 0. The number of carbonyl (C=O) groups excluding carboxylic acids is 1. The molecule has 1 aliphatic heterocycles. The number of hydrogen-bond donors (Lipinski definition) is 0. The van der Waals surface area contributed by atoms with E-state index >= 15 is 0 Å². The number of rotatable bonds is 5. The van der Waals surface area contributed by atoms with E-state index in [9.17, 15) is 4.79 Å². The van der Waals surface area contributed by atoms with E-state index < -0.39 is 0 Å². The number of carbonyl (C=O) groups is 1. The highest BCUT2D eigenvalue weighted by atomic mass is 16.6. The smallest absolute Gasteiger partial charge is 0.226 e. The predicted octanol–water partition coefficient (Wildman–Crippen LogP) is 3.91. The second kappa shape index (κ2) is 7.68. The maximum atomic E-state index is 12.3. The summed E-state index contributed by atoms with van der Waals surface area (Å²) in [7, 11) is 0. The van der Waals surface area contributed by atoms with Gasteiger partial charge in [-0.25, -0.2) is 0 Å². The molecule has 2 aromatic carbocycles. The zero-order valence-corrected chi connectivity index (χ0v) is 13.8. The SMILES string of the molecule is CCC(=O)N(C/C=C/c1ccccc1)c1ccc2c(c1)OCCO2. The van der Waals surface area contributed by atoms with Crippen LogP contribution < -0.4 is 14.4 Å². The van der Waals surface area contributed by atoms with Crippen LogP contribution in [0.3, 0.4) is 0 Å². The maximum Gasteiger partial charge on any atom is 0.226 e. The molecule has 4 nitrogen and oxygen atoms in total. The van der Waals surface area contributed by atoms with Crippen LogP contribution in [0.5, 0.6) is 11.5 Å². The fourth-order valence-corrected chi connectivity index (χ4v) is 2.60. The molecule has 3 rings (SSSR count). The fraction of sp³-hybridized carbons (Fsp3) is 0.250. The number of fused-ring (bicyclic) bond motifs is 1. The van der Waals surface area contributed by atoms with Crippen LogP contribution in [0.15, 0.2) is 54.6 Å². The van der Waals surface area contributed by atoms with Gasteiger partial charge in [-0.15, -0.1) is 0 Å². The molecule has 0 saturated heterocycles. The molecule has 24 heavy (non-hydrogen) atoms. The van der Waals surface area contributed by atoms with Crippen LogP contribution in [0.2, 0.25) is 0 Å². The first-order chi connectivity index (χ1) is 11.8. The lowest BCUT2D eigenvalue weighted by Gasteiger charge is -2.24. The average Bonchev–Trinajstić information content (AvgIpc) is 2.65. The second-order valence-corrected chi connectivity index (χ2v) is 5.50. The molecule has 1 aliphatic rings. The van der Waals surface area contributed by atoms with Crippen LogP contribution in [0.25, 0.3) is 6.08 Å². The minimum atomic E-state index is 0.0735. The third kappa shape index (κ3) is 3.77. The van der Waals surface area contributed by atoms with Crippen molar-refractivity contribution in [2.24, 2.45) is 0 Å². The van der Waals surface area contributed by atoms with Gasteiger partial charge in [-0.1, -0.05) is 49.4 Å².